The number of hydrogen-bond acceptors (Lipinski definition) is 8. The lowest BCUT2D eigenvalue weighted by molar-refractivity contribution is 0.100. The average molecular weight is 577 g/mol. The Kier molecular flexibility index (Phi) is 7.79. The molecular formula is C30H34F2N8O2. The quantitative estimate of drug-likeness (QED) is 0.223. The fourth-order valence-corrected chi connectivity index (χ4v) is 5.95. The predicted molar refractivity (Wildman–Crippen MR) is 159 cm³/mol. The van der Waals surface area contributed by atoms with Gasteiger partial charge in [-0.3, -0.25) is 4.79 Å². The first-order valence-electron chi connectivity index (χ1n) is 14.2. The number of piperidine rings is 2. The van der Waals surface area contributed by atoms with Gasteiger partial charge in [0, 0.05) is 43.1 Å². The molecular weight excluding hydrogens is 542 g/mol. The Labute approximate surface area is 242 Å². The molecule has 0 radical (unpaired) electrons. The van der Waals surface area contributed by atoms with Gasteiger partial charge in [-0.15, -0.1) is 0 Å². The lowest BCUT2D eigenvalue weighted by atomic mass is 9.99. The first kappa shape index (κ1) is 27.7. The summed E-state index contributed by atoms with van der Waals surface area (Å²) in [5.41, 5.74) is 7.43. The molecule has 2 aliphatic heterocycles. The van der Waals surface area contributed by atoms with Gasteiger partial charge in [-0.2, -0.15) is 9.97 Å². The van der Waals surface area contributed by atoms with Crippen LogP contribution in [0.25, 0.3) is 11.0 Å². The van der Waals surface area contributed by atoms with Crippen molar-refractivity contribution >= 4 is 45.8 Å². The Balaban J connectivity index is 1.22. The van der Waals surface area contributed by atoms with Crippen LogP contribution in [-0.4, -0.2) is 65.1 Å². The number of nitrogens with two attached hydrogens (primary N) is 1. The largest absolute Gasteiger partial charge is 0.494 e. The Morgan fingerprint density at radius 2 is 1.74 bits per heavy atom. The van der Waals surface area contributed by atoms with Crippen LogP contribution in [0, 0.1) is 11.6 Å². The highest BCUT2D eigenvalue weighted by Crippen LogP contribution is 2.35. The van der Waals surface area contributed by atoms with Crippen LogP contribution < -0.4 is 26.0 Å². The number of primary amides is 1. The summed E-state index contributed by atoms with van der Waals surface area (Å²) in [6.45, 7) is 4.44. The summed E-state index contributed by atoms with van der Waals surface area (Å²) in [7, 11) is 1.61. The summed E-state index contributed by atoms with van der Waals surface area (Å²) < 4.78 is 33.6. The van der Waals surface area contributed by atoms with Crippen molar-refractivity contribution in [2.24, 2.45) is 5.73 Å². The highest BCUT2D eigenvalue weighted by molar-refractivity contribution is 6.00. The zero-order valence-corrected chi connectivity index (χ0v) is 23.4. The molecule has 2 aromatic carbocycles. The molecule has 220 valence electrons. The normalized spacial score (nSPS) is 16.5. The summed E-state index contributed by atoms with van der Waals surface area (Å²) in [5.74, 6) is -2.08. The Morgan fingerprint density at radius 1 is 0.976 bits per heavy atom. The Hall–Kier alpha value is -4.45. The molecule has 0 spiro atoms. The fraction of sp³-hybridized carbons (Fsp3) is 0.367. The number of benzene rings is 2. The number of carbonyl (C=O) groups excluding carboxylic acids is 1. The van der Waals surface area contributed by atoms with Gasteiger partial charge in [-0.25, -0.2) is 8.78 Å². The van der Waals surface area contributed by atoms with Gasteiger partial charge >= 0.3 is 0 Å². The van der Waals surface area contributed by atoms with Gasteiger partial charge in [0.1, 0.15) is 17.2 Å². The van der Waals surface area contributed by atoms with E-state index in [1.165, 1.54) is 32.4 Å². The van der Waals surface area contributed by atoms with Crippen molar-refractivity contribution in [2.75, 3.05) is 48.8 Å². The number of anilines is 5. The molecule has 12 heteroatoms. The van der Waals surface area contributed by atoms with Crippen LogP contribution in [0.4, 0.5) is 37.6 Å². The molecule has 0 saturated carbocycles. The van der Waals surface area contributed by atoms with Crippen LogP contribution in [-0.2, 0) is 0 Å². The minimum atomic E-state index is -1.17. The zero-order chi connectivity index (χ0) is 29.2. The van der Waals surface area contributed by atoms with E-state index in [0.29, 0.717) is 28.5 Å². The van der Waals surface area contributed by atoms with Gasteiger partial charge in [-0.1, -0.05) is 6.42 Å². The number of methoxy groups -OCH3 is 1. The maximum Gasteiger partial charge on any atom is 0.250 e. The number of aromatic amines is 1. The molecule has 0 aliphatic carbocycles. The van der Waals surface area contributed by atoms with Crippen molar-refractivity contribution < 1.29 is 18.3 Å². The van der Waals surface area contributed by atoms with E-state index in [4.69, 9.17) is 10.5 Å². The number of rotatable bonds is 8. The third kappa shape index (κ3) is 5.67. The molecule has 2 aromatic heterocycles. The SMILES string of the molecule is COc1cc(N2CCC(N3CCCCC3)CC2)ccc1Nc1nc(Nc2cc(F)c(F)cc2C(N)=O)c2cc[nH]c2n1. The third-order valence-corrected chi connectivity index (χ3v) is 8.16. The lowest BCUT2D eigenvalue weighted by Gasteiger charge is -2.41. The van der Waals surface area contributed by atoms with Gasteiger partial charge in [-0.05, 0) is 63.0 Å². The number of halogens is 2. The van der Waals surface area contributed by atoms with Gasteiger partial charge in [0.05, 0.1) is 29.4 Å². The van der Waals surface area contributed by atoms with E-state index < -0.39 is 17.5 Å². The second kappa shape index (κ2) is 11.8. The van der Waals surface area contributed by atoms with E-state index in [-0.39, 0.29) is 23.0 Å². The number of fused-ring (bicyclic) bond motifs is 1. The van der Waals surface area contributed by atoms with E-state index in [9.17, 15) is 13.6 Å². The molecule has 2 aliphatic rings. The third-order valence-electron chi connectivity index (χ3n) is 8.16. The first-order chi connectivity index (χ1) is 20.4. The maximum atomic E-state index is 14.1. The summed E-state index contributed by atoms with van der Waals surface area (Å²) in [4.78, 5) is 29.1. The van der Waals surface area contributed by atoms with Crippen molar-refractivity contribution in [2.45, 2.75) is 38.1 Å². The number of carbonyl (C=O) groups is 1. The van der Waals surface area contributed by atoms with E-state index >= 15 is 0 Å². The summed E-state index contributed by atoms with van der Waals surface area (Å²) in [6.07, 6.45) is 7.95. The number of nitrogens with zero attached hydrogens (tertiary/aromatic N) is 4. The molecule has 1 amide bonds. The van der Waals surface area contributed by atoms with Crippen LogP contribution in [0.3, 0.4) is 0 Å². The van der Waals surface area contributed by atoms with Gasteiger partial charge in [0.2, 0.25) is 5.95 Å². The first-order valence-corrected chi connectivity index (χ1v) is 14.2. The monoisotopic (exact) mass is 576 g/mol. The molecule has 0 unspecified atom stereocenters. The van der Waals surface area contributed by atoms with E-state index in [1.807, 2.05) is 12.1 Å². The maximum absolute atomic E-state index is 14.1. The molecule has 10 nitrogen and oxygen atoms in total. The molecule has 2 fully saturated rings. The minimum Gasteiger partial charge on any atom is -0.494 e. The Morgan fingerprint density at radius 3 is 2.48 bits per heavy atom. The van der Waals surface area contributed by atoms with E-state index in [0.717, 1.165) is 43.8 Å². The molecule has 4 aromatic rings. The zero-order valence-electron chi connectivity index (χ0n) is 23.4. The molecule has 4 heterocycles. The standard InChI is InChI=1S/C30H34F2N8O2/c1-42-26-15-19(40-13-8-18(9-14-40)39-11-3-2-4-12-39)5-6-24(26)36-30-37-28-20(7-10-34-28)29(38-30)35-25-17-23(32)22(31)16-21(25)27(33)41/h5-7,10,15-18H,2-4,8-9,11-14H2,1H3,(H2,33,41)(H3,34,35,36,37,38). The van der Waals surface area contributed by atoms with Crippen LogP contribution in [0.2, 0.25) is 0 Å². The van der Waals surface area contributed by atoms with E-state index in [2.05, 4.69) is 41.5 Å². The Bertz CT molecular complexity index is 1600. The molecule has 0 atom stereocenters. The molecule has 2 saturated heterocycles. The van der Waals surface area contributed by atoms with Gasteiger partial charge in [0.15, 0.2) is 11.6 Å². The fourth-order valence-electron chi connectivity index (χ4n) is 5.95. The number of aromatic nitrogens is 3. The number of H-pyrrole nitrogens is 1. The second-order valence-electron chi connectivity index (χ2n) is 10.8. The molecule has 5 N–H and O–H groups in total. The minimum absolute atomic E-state index is 0.0143. The summed E-state index contributed by atoms with van der Waals surface area (Å²) in [6, 6.07) is 10.0. The van der Waals surface area contributed by atoms with Crippen LogP contribution in [0.1, 0.15) is 42.5 Å². The lowest BCUT2D eigenvalue weighted by Crippen LogP contribution is -2.46. The smallest absolute Gasteiger partial charge is 0.250 e. The number of ether oxygens (including phenoxy) is 1. The summed E-state index contributed by atoms with van der Waals surface area (Å²) in [5, 5.41) is 6.72. The highest BCUT2D eigenvalue weighted by atomic mass is 19.2. The number of nitrogens with one attached hydrogen (secondary N) is 3. The second-order valence-corrected chi connectivity index (χ2v) is 10.8. The van der Waals surface area contributed by atoms with Crippen LogP contribution in [0.5, 0.6) is 5.75 Å². The molecule has 42 heavy (non-hydrogen) atoms. The van der Waals surface area contributed by atoms with Crippen molar-refractivity contribution in [1.82, 2.24) is 19.9 Å². The molecule has 6 rings (SSSR count). The highest BCUT2D eigenvalue weighted by Gasteiger charge is 2.26. The molecule has 0 bridgehead atoms. The van der Waals surface area contributed by atoms with Crippen molar-refractivity contribution in [3.05, 3.63) is 59.8 Å². The van der Waals surface area contributed by atoms with Crippen LogP contribution >= 0.6 is 0 Å². The van der Waals surface area contributed by atoms with Crippen LogP contribution in [0.15, 0.2) is 42.6 Å². The topological polar surface area (TPSA) is 124 Å². The number of hydrogen-bond donors (Lipinski definition) is 4. The predicted octanol–water partition coefficient (Wildman–Crippen LogP) is 5.29. The van der Waals surface area contributed by atoms with Crippen molar-refractivity contribution in [1.29, 1.82) is 0 Å². The number of likely N-dealkylation sites (tertiary alicyclic amines) is 1. The number of amides is 1. The summed E-state index contributed by atoms with van der Waals surface area (Å²) >= 11 is 0. The van der Waals surface area contributed by atoms with Gasteiger partial charge in [0.25, 0.3) is 5.91 Å². The van der Waals surface area contributed by atoms with Crippen molar-refractivity contribution in [3.63, 3.8) is 0 Å². The van der Waals surface area contributed by atoms with Gasteiger partial charge < -0.3 is 35.9 Å². The average Bonchev–Trinajstić information content (AvgIpc) is 3.49. The van der Waals surface area contributed by atoms with Crippen molar-refractivity contribution in [3.8, 4) is 5.75 Å². The van der Waals surface area contributed by atoms with E-state index in [1.54, 1.807) is 19.4 Å².